The first kappa shape index (κ1) is 9.21. The molecule has 0 saturated carbocycles. The van der Waals surface area contributed by atoms with Gasteiger partial charge in [-0.05, 0) is 56.7 Å². The van der Waals surface area contributed by atoms with Gasteiger partial charge in [0.25, 0.3) is 0 Å². The Morgan fingerprint density at radius 1 is 1.38 bits per heavy atom. The molecule has 0 aliphatic carbocycles. The molecule has 0 bridgehead atoms. The van der Waals surface area contributed by atoms with Crippen LogP contribution in [0.5, 0.6) is 0 Å². The van der Waals surface area contributed by atoms with Gasteiger partial charge in [0.2, 0.25) is 0 Å². The van der Waals surface area contributed by atoms with Gasteiger partial charge < -0.3 is 5.73 Å². The van der Waals surface area contributed by atoms with Gasteiger partial charge in [0.15, 0.2) is 0 Å². The van der Waals surface area contributed by atoms with E-state index in [1.807, 2.05) is 18.2 Å². The molecule has 13 heavy (non-hydrogen) atoms. The molecule has 2 nitrogen and oxygen atoms in total. The van der Waals surface area contributed by atoms with Gasteiger partial charge in [-0.25, -0.2) is 0 Å². The molecule has 1 aromatic heterocycles. The number of nitrogens with zero attached hydrogens (tertiary/aromatic N) is 1. The second-order valence-corrected chi connectivity index (χ2v) is 4.71. The number of pyridine rings is 1. The first-order valence-electron chi connectivity index (χ1n) is 3.68. The van der Waals surface area contributed by atoms with Crippen molar-refractivity contribution in [3.8, 4) is 0 Å². The van der Waals surface area contributed by atoms with Crippen molar-refractivity contribution >= 4 is 55.1 Å². The monoisotopic (exact) mass is 348 g/mol. The van der Waals surface area contributed by atoms with Crippen molar-refractivity contribution in [3.63, 3.8) is 0 Å². The summed E-state index contributed by atoms with van der Waals surface area (Å²) >= 11 is 5.72. The van der Waals surface area contributed by atoms with Gasteiger partial charge in [0.05, 0.1) is 17.4 Å². The Morgan fingerprint density at radius 2 is 2.15 bits per heavy atom. The zero-order valence-electron chi connectivity index (χ0n) is 6.59. The third-order valence-electron chi connectivity index (χ3n) is 1.77. The summed E-state index contributed by atoms with van der Waals surface area (Å²) < 4.78 is 2.17. The SMILES string of the molecule is Nc1cnc2c(Br)ccc(I)c2c1. The van der Waals surface area contributed by atoms with Gasteiger partial charge in [-0.15, -0.1) is 0 Å². The number of nitrogen functional groups attached to an aromatic ring is 1. The standard InChI is InChI=1S/C9H6BrIN2/c10-7-1-2-8(11)6-3-5(12)4-13-9(6)7/h1-4H,12H2. The summed E-state index contributed by atoms with van der Waals surface area (Å²) in [7, 11) is 0. The fraction of sp³-hybridized carbons (Fsp3) is 0. The van der Waals surface area contributed by atoms with Crippen molar-refractivity contribution in [2.45, 2.75) is 0 Å². The van der Waals surface area contributed by atoms with Crippen LogP contribution in [-0.2, 0) is 0 Å². The minimum atomic E-state index is 0.698. The highest BCUT2D eigenvalue weighted by Crippen LogP contribution is 2.27. The van der Waals surface area contributed by atoms with E-state index < -0.39 is 0 Å². The lowest BCUT2D eigenvalue weighted by atomic mass is 10.2. The summed E-state index contributed by atoms with van der Waals surface area (Å²) in [5, 5.41) is 1.09. The highest BCUT2D eigenvalue weighted by molar-refractivity contribution is 14.1. The van der Waals surface area contributed by atoms with Crippen molar-refractivity contribution in [2.75, 3.05) is 5.73 Å². The lowest BCUT2D eigenvalue weighted by Gasteiger charge is -2.02. The Labute approximate surface area is 97.8 Å². The average Bonchev–Trinajstić information content (AvgIpc) is 2.12. The number of rotatable bonds is 0. The van der Waals surface area contributed by atoms with Gasteiger partial charge in [-0.1, -0.05) is 0 Å². The van der Waals surface area contributed by atoms with Crippen LogP contribution in [-0.4, -0.2) is 4.98 Å². The second kappa shape index (κ2) is 3.42. The van der Waals surface area contributed by atoms with Crippen LogP contribution in [0, 0.1) is 3.57 Å². The van der Waals surface area contributed by atoms with Crippen LogP contribution < -0.4 is 5.73 Å². The molecule has 0 unspecified atom stereocenters. The van der Waals surface area contributed by atoms with E-state index in [4.69, 9.17) is 5.73 Å². The van der Waals surface area contributed by atoms with Crippen LogP contribution in [0.4, 0.5) is 5.69 Å². The smallest absolute Gasteiger partial charge is 0.0856 e. The van der Waals surface area contributed by atoms with E-state index in [2.05, 4.69) is 43.5 Å². The first-order valence-corrected chi connectivity index (χ1v) is 5.55. The summed E-state index contributed by atoms with van der Waals surface area (Å²) in [6.45, 7) is 0. The molecule has 2 aromatic rings. The largest absolute Gasteiger partial charge is 0.397 e. The fourth-order valence-corrected chi connectivity index (χ4v) is 2.21. The third-order valence-corrected chi connectivity index (χ3v) is 3.35. The normalized spacial score (nSPS) is 10.6. The number of hydrogen-bond acceptors (Lipinski definition) is 2. The molecular weight excluding hydrogens is 343 g/mol. The summed E-state index contributed by atoms with van der Waals surface area (Å²) in [6, 6.07) is 5.97. The van der Waals surface area contributed by atoms with Crippen LogP contribution in [0.1, 0.15) is 0 Å². The Hall–Kier alpha value is -0.360. The Bertz CT molecular complexity index is 470. The zero-order chi connectivity index (χ0) is 9.42. The van der Waals surface area contributed by atoms with E-state index in [1.165, 1.54) is 0 Å². The van der Waals surface area contributed by atoms with Gasteiger partial charge in [-0.2, -0.15) is 0 Å². The highest BCUT2D eigenvalue weighted by Gasteiger charge is 2.03. The number of hydrogen-bond donors (Lipinski definition) is 1. The van der Waals surface area contributed by atoms with E-state index >= 15 is 0 Å². The maximum atomic E-state index is 5.66. The zero-order valence-corrected chi connectivity index (χ0v) is 10.3. The van der Waals surface area contributed by atoms with Crippen molar-refractivity contribution in [2.24, 2.45) is 0 Å². The highest BCUT2D eigenvalue weighted by atomic mass is 127. The molecule has 1 heterocycles. The van der Waals surface area contributed by atoms with Gasteiger partial charge in [0, 0.05) is 13.4 Å². The van der Waals surface area contributed by atoms with Crippen molar-refractivity contribution in [1.29, 1.82) is 0 Å². The molecule has 0 spiro atoms. The molecule has 0 aliphatic rings. The van der Waals surface area contributed by atoms with Gasteiger partial charge in [-0.3, -0.25) is 4.98 Å². The third kappa shape index (κ3) is 1.65. The number of benzene rings is 1. The average molecular weight is 349 g/mol. The molecule has 66 valence electrons. The van der Waals surface area contributed by atoms with E-state index in [0.717, 1.165) is 18.9 Å². The maximum Gasteiger partial charge on any atom is 0.0856 e. The summed E-state index contributed by atoms with van der Waals surface area (Å²) in [5.41, 5.74) is 7.32. The quantitative estimate of drug-likeness (QED) is 0.742. The summed E-state index contributed by atoms with van der Waals surface area (Å²) in [5.74, 6) is 0. The number of aromatic nitrogens is 1. The predicted octanol–water partition coefficient (Wildman–Crippen LogP) is 3.18. The van der Waals surface area contributed by atoms with Crippen molar-refractivity contribution in [3.05, 3.63) is 32.4 Å². The molecule has 2 N–H and O–H groups in total. The fourth-order valence-electron chi connectivity index (χ4n) is 1.17. The second-order valence-electron chi connectivity index (χ2n) is 2.69. The molecule has 1 aromatic carbocycles. The van der Waals surface area contributed by atoms with E-state index in [0.29, 0.717) is 5.69 Å². The Morgan fingerprint density at radius 3 is 2.92 bits per heavy atom. The lowest BCUT2D eigenvalue weighted by molar-refractivity contribution is 1.40. The number of anilines is 1. The Balaban J connectivity index is 2.92. The molecule has 0 radical (unpaired) electrons. The molecular formula is C9H6BrIN2. The molecule has 4 heteroatoms. The van der Waals surface area contributed by atoms with E-state index in [9.17, 15) is 0 Å². The summed E-state index contributed by atoms with van der Waals surface area (Å²) in [6.07, 6.45) is 1.67. The number of fused-ring (bicyclic) bond motifs is 1. The van der Waals surface area contributed by atoms with Crippen LogP contribution in [0.2, 0.25) is 0 Å². The molecule has 0 atom stereocenters. The Kier molecular flexibility index (Phi) is 2.42. The summed E-state index contributed by atoms with van der Waals surface area (Å²) in [4.78, 5) is 4.26. The van der Waals surface area contributed by atoms with Crippen LogP contribution >= 0.6 is 38.5 Å². The van der Waals surface area contributed by atoms with E-state index in [-0.39, 0.29) is 0 Å². The molecule has 0 saturated heterocycles. The predicted molar refractivity (Wildman–Crippen MR) is 66.6 cm³/mol. The first-order chi connectivity index (χ1) is 6.18. The lowest BCUT2D eigenvalue weighted by Crippen LogP contribution is -1.89. The van der Waals surface area contributed by atoms with Crippen LogP contribution in [0.3, 0.4) is 0 Å². The van der Waals surface area contributed by atoms with Gasteiger partial charge in [0.1, 0.15) is 0 Å². The minimum absolute atomic E-state index is 0.698. The number of nitrogens with two attached hydrogens (primary N) is 1. The van der Waals surface area contributed by atoms with E-state index in [1.54, 1.807) is 6.20 Å². The molecule has 0 fully saturated rings. The molecule has 0 amide bonds. The van der Waals surface area contributed by atoms with Gasteiger partial charge >= 0.3 is 0 Å². The molecule has 2 rings (SSSR count). The minimum Gasteiger partial charge on any atom is -0.397 e. The topological polar surface area (TPSA) is 38.9 Å². The van der Waals surface area contributed by atoms with Crippen molar-refractivity contribution in [1.82, 2.24) is 4.98 Å². The number of halogens is 2. The van der Waals surface area contributed by atoms with Crippen LogP contribution in [0.25, 0.3) is 10.9 Å². The van der Waals surface area contributed by atoms with Crippen LogP contribution in [0.15, 0.2) is 28.9 Å². The molecule has 0 aliphatic heterocycles. The van der Waals surface area contributed by atoms with Crippen molar-refractivity contribution < 1.29 is 0 Å². The maximum absolute atomic E-state index is 5.66.